The first-order valence-electron chi connectivity index (χ1n) is 11.5. The molecule has 6 rings (SSSR count). The lowest BCUT2D eigenvalue weighted by Gasteiger charge is -2.26. The summed E-state index contributed by atoms with van der Waals surface area (Å²) in [5.74, 6) is 0. The van der Waals surface area contributed by atoms with Crippen molar-refractivity contribution in [2.75, 3.05) is 4.90 Å². The number of hydrogen-bond donors (Lipinski definition) is 2. The molecule has 1 heterocycles. The van der Waals surface area contributed by atoms with Gasteiger partial charge in [-0.2, -0.15) is 0 Å². The first-order valence-corrected chi connectivity index (χ1v) is 11.5. The fourth-order valence-electron chi connectivity index (χ4n) is 4.67. The van der Waals surface area contributed by atoms with Gasteiger partial charge in [0.2, 0.25) is 0 Å². The second-order valence-corrected chi connectivity index (χ2v) is 8.43. The van der Waals surface area contributed by atoms with E-state index in [4.69, 9.17) is 4.42 Å². The van der Waals surface area contributed by atoms with E-state index >= 15 is 0 Å². The smallest absolute Gasteiger partial charge is 0.454 e. The van der Waals surface area contributed by atoms with Gasteiger partial charge in [-0.25, -0.2) is 0 Å². The molecule has 0 aliphatic rings. The Kier molecular flexibility index (Phi) is 5.34. The van der Waals surface area contributed by atoms with Crippen molar-refractivity contribution in [3.8, 4) is 11.1 Å². The van der Waals surface area contributed by atoms with E-state index in [2.05, 4.69) is 41.3 Å². The molecule has 1 aromatic heterocycles. The Hall–Kier alpha value is -4.32. The molecule has 0 aliphatic heterocycles. The highest BCUT2D eigenvalue weighted by Crippen LogP contribution is 2.41. The maximum atomic E-state index is 10.1. The van der Waals surface area contributed by atoms with Gasteiger partial charge in [-0.1, -0.05) is 84.9 Å². The molecule has 4 nitrogen and oxygen atoms in total. The first kappa shape index (κ1) is 21.2. The molecular weight excluding hydrogens is 433 g/mol. The Labute approximate surface area is 203 Å². The third-order valence-electron chi connectivity index (χ3n) is 6.30. The molecule has 0 aliphatic carbocycles. The Balaban J connectivity index is 1.58. The number of furan rings is 1. The average molecular weight is 455 g/mol. The summed E-state index contributed by atoms with van der Waals surface area (Å²) in [6, 6.07) is 40.1. The van der Waals surface area contributed by atoms with Crippen molar-refractivity contribution in [1.29, 1.82) is 0 Å². The Morgan fingerprint density at radius 3 is 1.89 bits per heavy atom. The third kappa shape index (κ3) is 3.77. The summed E-state index contributed by atoms with van der Waals surface area (Å²) >= 11 is 0. The van der Waals surface area contributed by atoms with Crippen LogP contribution in [-0.2, 0) is 0 Å². The van der Waals surface area contributed by atoms with Crippen LogP contribution in [0.2, 0.25) is 0 Å². The van der Waals surface area contributed by atoms with Crippen LogP contribution in [0.5, 0.6) is 0 Å². The molecule has 0 saturated heterocycles. The van der Waals surface area contributed by atoms with E-state index < -0.39 is 7.12 Å². The lowest BCUT2D eigenvalue weighted by atomic mass is 9.77. The van der Waals surface area contributed by atoms with Crippen LogP contribution >= 0.6 is 0 Å². The van der Waals surface area contributed by atoms with Crippen molar-refractivity contribution in [1.82, 2.24) is 0 Å². The molecule has 0 fully saturated rings. The Morgan fingerprint density at radius 1 is 0.571 bits per heavy atom. The van der Waals surface area contributed by atoms with Crippen molar-refractivity contribution in [3.05, 3.63) is 121 Å². The zero-order chi connectivity index (χ0) is 23.8. The number of para-hydroxylation sites is 2. The van der Waals surface area contributed by atoms with Crippen LogP contribution in [0.15, 0.2) is 126 Å². The van der Waals surface area contributed by atoms with Gasteiger partial charge in [0, 0.05) is 22.1 Å². The highest BCUT2D eigenvalue weighted by Gasteiger charge is 2.25. The van der Waals surface area contributed by atoms with E-state index in [1.807, 2.05) is 78.9 Å². The van der Waals surface area contributed by atoms with Gasteiger partial charge < -0.3 is 19.4 Å². The number of hydrogen-bond acceptors (Lipinski definition) is 4. The lowest BCUT2D eigenvalue weighted by molar-refractivity contribution is 0.426. The van der Waals surface area contributed by atoms with Crippen molar-refractivity contribution < 1.29 is 14.5 Å². The normalized spacial score (nSPS) is 11.1. The molecule has 0 spiro atoms. The fraction of sp³-hybridized carbons (Fsp3) is 0. The van der Waals surface area contributed by atoms with Crippen LogP contribution in [0.4, 0.5) is 17.1 Å². The molecule has 6 aromatic rings. The summed E-state index contributed by atoms with van der Waals surface area (Å²) in [6.45, 7) is 0. The second-order valence-electron chi connectivity index (χ2n) is 8.43. The third-order valence-corrected chi connectivity index (χ3v) is 6.30. The summed E-state index contributed by atoms with van der Waals surface area (Å²) in [7, 11) is -1.61. The molecule has 0 bridgehead atoms. The zero-order valence-corrected chi connectivity index (χ0v) is 18.9. The van der Waals surface area contributed by atoms with Crippen LogP contribution in [0, 0.1) is 0 Å². The van der Waals surface area contributed by atoms with Crippen LogP contribution < -0.4 is 10.4 Å². The molecule has 0 unspecified atom stereocenters. The maximum absolute atomic E-state index is 10.1. The van der Waals surface area contributed by atoms with Crippen LogP contribution in [-0.4, -0.2) is 17.2 Å². The molecule has 2 N–H and O–H groups in total. The molecule has 5 aromatic carbocycles. The monoisotopic (exact) mass is 455 g/mol. The van der Waals surface area contributed by atoms with Gasteiger partial charge in [-0.15, -0.1) is 0 Å². The molecule has 0 amide bonds. The van der Waals surface area contributed by atoms with Gasteiger partial charge in [0.1, 0.15) is 5.58 Å². The number of fused-ring (bicyclic) bond motifs is 3. The quantitative estimate of drug-likeness (QED) is 0.295. The van der Waals surface area contributed by atoms with Crippen molar-refractivity contribution in [2.45, 2.75) is 0 Å². The second kappa shape index (κ2) is 8.80. The molecule has 0 saturated carbocycles. The summed E-state index contributed by atoms with van der Waals surface area (Å²) in [4.78, 5) is 2.13. The van der Waals surface area contributed by atoms with Gasteiger partial charge in [-0.3, -0.25) is 0 Å². The summed E-state index contributed by atoms with van der Waals surface area (Å²) in [5.41, 5.74) is 6.77. The van der Waals surface area contributed by atoms with Gasteiger partial charge >= 0.3 is 7.12 Å². The first-order chi connectivity index (χ1) is 17.2. The largest absolute Gasteiger partial charge is 0.489 e. The van der Waals surface area contributed by atoms with Crippen LogP contribution in [0.25, 0.3) is 33.1 Å². The van der Waals surface area contributed by atoms with E-state index in [0.717, 1.165) is 33.6 Å². The van der Waals surface area contributed by atoms with Gasteiger partial charge in [0.25, 0.3) is 0 Å². The van der Waals surface area contributed by atoms with E-state index in [9.17, 15) is 10.0 Å². The number of benzene rings is 5. The van der Waals surface area contributed by atoms with E-state index in [1.54, 1.807) is 6.07 Å². The maximum Gasteiger partial charge on any atom is 0.489 e. The predicted molar refractivity (Wildman–Crippen MR) is 144 cm³/mol. The van der Waals surface area contributed by atoms with Gasteiger partial charge in [-0.05, 0) is 53.0 Å². The van der Waals surface area contributed by atoms with Gasteiger partial charge in [0.05, 0.1) is 5.69 Å². The zero-order valence-electron chi connectivity index (χ0n) is 18.9. The van der Waals surface area contributed by atoms with Crippen molar-refractivity contribution >= 4 is 51.6 Å². The Morgan fingerprint density at radius 2 is 1.17 bits per heavy atom. The summed E-state index contributed by atoms with van der Waals surface area (Å²) in [5, 5.41) is 21.8. The fourth-order valence-corrected chi connectivity index (χ4v) is 4.67. The van der Waals surface area contributed by atoms with Crippen LogP contribution in [0.3, 0.4) is 0 Å². The number of anilines is 3. The Bertz CT molecular complexity index is 1610. The highest BCUT2D eigenvalue weighted by molar-refractivity contribution is 6.63. The van der Waals surface area contributed by atoms with E-state index in [-0.39, 0.29) is 0 Å². The molecular formula is C30H22BNO3. The standard InChI is InChI=1S/C30H22BNO3/c33-31(34)26-19-20-27(30-29(26)25-13-7-8-14-28(25)35-30)32(23-11-5-2-6-12-23)24-17-15-22(16-18-24)21-9-3-1-4-10-21/h1-20,33-34H. The van der Waals surface area contributed by atoms with E-state index in [0.29, 0.717) is 22.0 Å². The molecule has 168 valence electrons. The van der Waals surface area contributed by atoms with Crippen molar-refractivity contribution in [2.24, 2.45) is 0 Å². The minimum absolute atomic E-state index is 0.418. The predicted octanol–water partition coefficient (Wildman–Crippen LogP) is 6.40. The molecule has 0 radical (unpaired) electrons. The molecule has 5 heteroatoms. The minimum atomic E-state index is -1.61. The van der Waals surface area contributed by atoms with Crippen LogP contribution in [0.1, 0.15) is 0 Å². The minimum Gasteiger partial charge on any atom is -0.454 e. The molecule has 35 heavy (non-hydrogen) atoms. The summed E-state index contributed by atoms with van der Waals surface area (Å²) < 4.78 is 6.33. The number of rotatable bonds is 5. The highest BCUT2D eigenvalue weighted by atomic mass is 16.4. The van der Waals surface area contributed by atoms with Gasteiger partial charge in [0.15, 0.2) is 5.58 Å². The number of nitrogens with zero attached hydrogens (tertiary/aromatic N) is 1. The van der Waals surface area contributed by atoms with E-state index in [1.165, 1.54) is 0 Å². The molecule has 0 atom stereocenters. The SMILES string of the molecule is OB(O)c1ccc(N(c2ccccc2)c2ccc(-c3ccccc3)cc2)c2oc3ccccc3c12. The summed E-state index contributed by atoms with van der Waals surface area (Å²) in [6.07, 6.45) is 0. The van der Waals surface area contributed by atoms with Crippen molar-refractivity contribution in [3.63, 3.8) is 0 Å². The topological polar surface area (TPSA) is 56.8 Å². The average Bonchev–Trinajstić information content (AvgIpc) is 3.30. The lowest BCUT2D eigenvalue weighted by Crippen LogP contribution is -2.30.